The summed E-state index contributed by atoms with van der Waals surface area (Å²) >= 11 is -0.0703. The number of hydrogen-bond donors (Lipinski definition) is 0. The Morgan fingerprint density at radius 1 is 0.448 bits per heavy atom. The van der Waals surface area contributed by atoms with Crippen LogP contribution in [-0.2, 0) is 10.8 Å². The molecule has 0 radical (unpaired) electrons. The van der Waals surface area contributed by atoms with Gasteiger partial charge in [-0.15, -0.1) is 0 Å². The second kappa shape index (κ2) is 9.93. The molecular formula is C28H36I+. The Kier molecular flexibility index (Phi) is 8.10. The van der Waals surface area contributed by atoms with Gasteiger partial charge in [0.1, 0.15) is 0 Å². The highest BCUT2D eigenvalue weighted by molar-refractivity contribution is 5.23. The second-order valence-corrected chi connectivity index (χ2v) is 12.8. The molecule has 0 amide bonds. The van der Waals surface area contributed by atoms with Gasteiger partial charge >= 0.3 is 21.2 Å². The smallest absolute Gasteiger partial charge is 0.0591 e. The first-order chi connectivity index (χ1) is 13.4. The Morgan fingerprint density at radius 2 is 0.724 bits per heavy atom. The molecule has 0 spiro atoms. The van der Waals surface area contributed by atoms with Gasteiger partial charge in [0, 0.05) is 0 Å². The van der Waals surface area contributed by atoms with Crippen molar-refractivity contribution < 1.29 is 21.2 Å². The zero-order valence-corrected chi connectivity index (χ0v) is 21.5. The molecule has 0 aromatic heterocycles. The zero-order chi connectivity index (χ0) is 21.7. The van der Waals surface area contributed by atoms with E-state index in [1.165, 1.54) is 29.4 Å². The Labute approximate surface area is 189 Å². The summed E-state index contributed by atoms with van der Waals surface area (Å²) in [6.45, 7) is 17.8. The van der Waals surface area contributed by atoms with Crippen molar-refractivity contribution in [2.24, 2.45) is 0 Å². The van der Waals surface area contributed by atoms with E-state index in [0.717, 1.165) is 0 Å². The number of benzene rings is 3. The maximum atomic E-state index is 2.31. The summed E-state index contributed by atoms with van der Waals surface area (Å²) in [5, 5.41) is 0. The first-order valence-corrected chi connectivity index (χ1v) is 12.5. The Balaban J connectivity index is 0.000000313. The molecule has 3 aromatic rings. The summed E-state index contributed by atoms with van der Waals surface area (Å²) in [6.07, 6.45) is 0. The molecule has 0 bridgehead atoms. The molecule has 3 rings (SSSR count). The Morgan fingerprint density at radius 3 is 0.966 bits per heavy atom. The Bertz CT molecular complexity index is 795. The van der Waals surface area contributed by atoms with Crippen molar-refractivity contribution in [1.29, 1.82) is 0 Å². The van der Waals surface area contributed by atoms with Crippen LogP contribution in [0.25, 0.3) is 0 Å². The Hall–Kier alpha value is -1.61. The van der Waals surface area contributed by atoms with Crippen molar-refractivity contribution in [2.75, 3.05) is 0 Å². The third kappa shape index (κ3) is 7.97. The highest BCUT2D eigenvalue weighted by atomic mass is 127. The molecule has 0 nitrogen and oxygen atoms in total. The maximum absolute atomic E-state index is 2.31. The fraction of sp³-hybridized carbons (Fsp3) is 0.357. The topological polar surface area (TPSA) is 0 Å². The van der Waals surface area contributed by atoms with Crippen molar-refractivity contribution in [1.82, 2.24) is 0 Å². The summed E-state index contributed by atoms with van der Waals surface area (Å²) in [4.78, 5) is 0. The van der Waals surface area contributed by atoms with Gasteiger partial charge in [0.25, 0.3) is 0 Å². The van der Waals surface area contributed by atoms with Gasteiger partial charge < -0.3 is 0 Å². The van der Waals surface area contributed by atoms with Crippen molar-refractivity contribution in [3.05, 3.63) is 102 Å². The SMILES string of the molecule is CC(C)(C)c1ccc([I+]c2ccc(C(C)(C)C)cc2)cc1.Cc1ccc(C)cc1. The van der Waals surface area contributed by atoms with Crippen molar-refractivity contribution in [2.45, 2.75) is 66.2 Å². The van der Waals surface area contributed by atoms with E-state index in [-0.39, 0.29) is 32.0 Å². The molecular weight excluding hydrogens is 463 g/mol. The van der Waals surface area contributed by atoms with Crippen LogP contribution >= 0.6 is 0 Å². The van der Waals surface area contributed by atoms with Crippen LogP contribution in [-0.4, -0.2) is 0 Å². The molecule has 0 aliphatic heterocycles. The lowest BCUT2D eigenvalue weighted by molar-refractivity contribution is -0.597. The highest BCUT2D eigenvalue weighted by Crippen LogP contribution is 2.21. The molecule has 1 heteroatoms. The van der Waals surface area contributed by atoms with Crippen molar-refractivity contribution in [3.8, 4) is 0 Å². The van der Waals surface area contributed by atoms with E-state index >= 15 is 0 Å². The largest absolute Gasteiger partial charge is 0.357 e. The molecule has 0 unspecified atom stereocenters. The molecule has 29 heavy (non-hydrogen) atoms. The number of aryl methyl sites for hydroxylation is 2. The lowest BCUT2D eigenvalue weighted by Gasteiger charge is -2.18. The van der Waals surface area contributed by atoms with Gasteiger partial charge in [-0.25, -0.2) is 0 Å². The summed E-state index contributed by atoms with van der Waals surface area (Å²) in [5.74, 6) is 0. The standard InChI is InChI=1S/C20H26I.C8H10/c1-19(2,3)15-7-11-17(12-8-15)21-18-13-9-16(10-14-18)20(4,5)6;1-7-3-5-8(2)6-4-7/h7-14H,1-6H3;3-6H,1-2H3/q+1;. The van der Waals surface area contributed by atoms with Gasteiger partial charge in [0.05, 0.1) is 0 Å². The van der Waals surface area contributed by atoms with Gasteiger partial charge in [-0.3, -0.25) is 0 Å². The minimum Gasteiger partial charge on any atom is -0.0591 e. The molecule has 0 aliphatic rings. The normalized spacial score (nSPS) is 11.6. The van der Waals surface area contributed by atoms with Gasteiger partial charge in [0.2, 0.25) is 0 Å². The van der Waals surface area contributed by atoms with Crippen molar-refractivity contribution in [3.63, 3.8) is 0 Å². The van der Waals surface area contributed by atoms with Crippen molar-refractivity contribution >= 4 is 0 Å². The molecule has 0 fully saturated rings. The third-order valence-corrected chi connectivity index (χ3v) is 7.54. The van der Waals surface area contributed by atoms with E-state index in [2.05, 4.69) is 128 Å². The highest BCUT2D eigenvalue weighted by Gasteiger charge is 2.20. The quantitative estimate of drug-likeness (QED) is 0.448. The predicted octanol–water partition coefficient (Wildman–Crippen LogP) is 4.71. The second-order valence-electron chi connectivity index (χ2n) is 9.76. The molecule has 154 valence electrons. The first kappa shape index (κ1) is 23.7. The van der Waals surface area contributed by atoms with Crippen LogP contribution in [0.3, 0.4) is 0 Å². The minimum atomic E-state index is -0.0703. The fourth-order valence-corrected chi connectivity index (χ4v) is 4.95. The van der Waals surface area contributed by atoms with Gasteiger partial charge in [-0.1, -0.05) is 101 Å². The molecule has 3 aromatic carbocycles. The summed E-state index contributed by atoms with van der Waals surface area (Å²) in [6, 6.07) is 26.9. The molecule has 0 heterocycles. The fourth-order valence-electron chi connectivity index (χ4n) is 2.79. The lowest BCUT2D eigenvalue weighted by atomic mass is 9.87. The molecule has 0 saturated carbocycles. The number of hydrogen-bond acceptors (Lipinski definition) is 0. The van der Waals surface area contributed by atoms with Gasteiger partial charge in [0.15, 0.2) is 7.14 Å². The van der Waals surface area contributed by atoms with Crippen LogP contribution in [0.4, 0.5) is 0 Å². The van der Waals surface area contributed by atoms with Crippen LogP contribution < -0.4 is 21.2 Å². The van der Waals surface area contributed by atoms with Gasteiger partial charge in [-0.2, -0.15) is 0 Å². The van der Waals surface area contributed by atoms with E-state index < -0.39 is 0 Å². The molecule has 0 aliphatic carbocycles. The monoisotopic (exact) mass is 499 g/mol. The van der Waals surface area contributed by atoms with E-state index in [1.54, 1.807) is 0 Å². The third-order valence-electron chi connectivity index (χ3n) is 4.86. The van der Waals surface area contributed by atoms with Crippen LogP contribution in [0, 0.1) is 21.0 Å². The van der Waals surface area contributed by atoms with Crippen LogP contribution in [0.15, 0.2) is 72.8 Å². The van der Waals surface area contributed by atoms with Crippen LogP contribution in [0.5, 0.6) is 0 Å². The average molecular weight is 500 g/mol. The number of halogens is 1. The maximum Gasteiger partial charge on any atom is 0.357 e. The molecule has 0 saturated heterocycles. The summed E-state index contributed by atoms with van der Waals surface area (Å²) < 4.78 is 2.98. The van der Waals surface area contributed by atoms with Crippen LogP contribution in [0.1, 0.15) is 63.8 Å². The zero-order valence-electron chi connectivity index (χ0n) is 19.3. The summed E-state index contributed by atoms with van der Waals surface area (Å²) in [7, 11) is 0. The summed E-state index contributed by atoms with van der Waals surface area (Å²) in [5.41, 5.74) is 5.97. The molecule has 0 atom stereocenters. The predicted molar refractivity (Wildman–Crippen MR) is 124 cm³/mol. The van der Waals surface area contributed by atoms with E-state index in [4.69, 9.17) is 0 Å². The molecule has 0 N–H and O–H groups in total. The van der Waals surface area contributed by atoms with E-state index in [9.17, 15) is 0 Å². The average Bonchev–Trinajstić information content (AvgIpc) is 2.64. The minimum absolute atomic E-state index is 0.0703. The van der Waals surface area contributed by atoms with E-state index in [0.29, 0.717) is 0 Å². The first-order valence-electron chi connectivity index (χ1n) is 10.3. The van der Waals surface area contributed by atoms with E-state index in [1.807, 2.05) is 0 Å². The number of rotatable bonds is 2. The van der Waals surface area contributed by atoms with Gasteiger partial charge in [-0.05, 0) is 60.1 Å². The lowest BCUT2D eigenvalue weighted by Crippen LogP contribution is -3.61. The van der Waals surface area contributed by atoms with Crippen LogP contribution in [0.2, 0.25) is 0 Å².